The Morgan fingerprint density at radius 2 is 2.07 bits per heavy atom. The molecule has 0 saturated carbocycles. The van der Waals surface area contributed by atoms with Crippen molar-refractivity contribution in [2.24, 2.45) is 5.92 Å². The first kappa shape index (κ1) is 10.4. The van der Waals surface area contributed by atoms with Gasteiger partial charge in [0.1, 0.15) is 0 Å². The molecule has 2 nitrogen and oxygen atoms in total. The molecule has 0 amide bonds. The van der Waals surface area contributed by atoms with Crippen LogP contribution in [-0.4, -0.2) is 36.6 Å². The fraction of sp³-hybridized carbons (Fsp3) is 1.00. The summed E-state index contributed by atoms with van der Waals surface area (Å²) in [6.45, 7) is 8.65. The molecule has 3 unspecified atom stereocenters. The zero-order valence-corrected chi connectivity index (χ0v) is 9.63. The highest BCUT2D eigenvalue weighted by molar-refractivity contribution is 4.84. The van der Waals surface area contributed by atoms with Gasteiger partial charge in [-0.05, 0) is 51.6 Å². The van der Waals surface area contributed by atoms with Crippen LogP contribution < -0.4 is 5.32 Å². The van der Waals surface area contributed by atoms with Gasteiger partial charge in [-0.25, -0.2) is 0 Å². The van der Waals surface area contributed by atoms with Gasteiger partial charge in [0.2, 0.25) is 0 Å². The molecule has 0 spiro atoms. The molecule has 2 heterocycles. The van der Waals surface area contributed by atoms with Gasteiger partial charge < -0.3 is 5.32 Å². The van der Waals surface area contributed by atoms with Crippen LogP contribution in [0.1, 0.15) is 39.5 Å². The molecule has 2 heteroatoms. The highest BCUT2D eigenvalue weighted by atomic mass is 15.2. The zero-order chi connectivity index (χ0) is 9.97. The molecule has 2 rings (SSSR count). The second-order valence-electron chi connectivity index (χ2n) is 5.15. The average Bonchev–Trinajstić information content (AvgIpc) is 2.66. The molecule has 0 radical (unpaired) electrons. The Balaban J connectivity index is 1.83. The predicted molar refractivity (Wildman–Crippen MR) is 60.5 cm³/mol. The lowest BCUT2D eigenvalue weighted by atomic mass is 9.91. The highest BCUT2D eigenvalue weighted by Gasteiger charge is 2.27. The number of piperidine rings is 1. The molecule has 3 atom stereocenters. The van der Waals surface area contributed by atoms with Crippen molar-refractivity contribution in [1.82, 2.24) is 10.2 Å². The number of nitrogens with zero attached hydrogens (tertiary/aromatic N) is 1. The van der Waals surface area contributed by atoms with Crippen LogP contribution >= 0.6 is 0 Å². The van der Waals surface area contributed by atoms with Crippen molar-refractivity contribution in [3.05, 3.63) is 0 Å². The molecule has 2 aliphatic heterocycles. The Labute approximate surface area is 88.1 Å². The molecular weight excluding hydrogens is 172 g/mol. The molecule has 0 aliphatic carbocycles. The molecule has 0 aromatic carbocycles. The quantitative estimate of drug-likeness (QED) is 0.725. The van der Waals surface area contributed by atoms with Gasteiger partial charge in [-0.15, -0.1) is 0 Å². The molecule has 14 heavy (non-hydrogen) atoms. The summed E-state index contributed by atoms with van der Waals surface area (Å²) in [5, 5.41) is 3.60. The van der Waals surface area contributed by atoms with E-state index in [4.69, 9.17) is 0 Å². The third-order valence-electron chi connectivity index (χ3n) is 4.12. The average molecular weight is 196 g/mol. The lowest BCUT2D eigenvalue weighted by Gasteiger charge is -2.39. The van der Waals surface area contributed by atoms with E-state index in [0.717, 1.165) is 18.0 Å². The maximum atomic E-state index is 3.60. The van der Waals surface area contributed by atoms with Crippen LogP contribution in [0.4, 0.5) is 0 Å². The summed E-state index contributed by atoms with van der Waals surface area (Å²) >= 11 is 0. The van der Waals surface area contributed by atoms with Crippen LogP contribution in [0.3, 0.4) is 0 Å². The third-order valence-corrected chi connectivity index (χ3v) is 4.12. The van der Waals surface area contributed by atoms with Crippen LogP contribution in [0, 0.1) is 5.92 Å². The van der Waals surface area contributed by atoms with Gasteiger partial charge >= 0.3 is 0 Å². The van der Waals surface area contributed by atoms with E-state index in [9.17, 15) is 0 Å². The minimum absolute atomic E-state index is 0.780. The molecule has 0 aromatic heterocycles. The van der Waals surface area contributed by atoms with Crippen LogP contribution in [0.15, 0.2) is 0 Å². The van der Waals surface area contributed by atoms with Gasteiger partial charge in [0.25, 0.3) is 0 Å². The maximum Gasteiger partial charge on any atom is 0.0195 e. The van der Waals surface area contributed by atoms with Gasteiger partial charge in [-0.3, -0.25) is 4.90 Å². The minimum Gasteiger partial charge on any atom is -0.313 e. The lowest BCUT2D eigenvalue weighted by Crippen LogP contribution is -2.47. The van der Waals surface area contributed by atoms with Crippen LogP contribution in [0.2, 0.25) is 0 Å². The first-order chi connectivity index (χ1) is 6.77. The van der Waals surface area contributed by atoms with E-state index in [1.165, 1.54) is 45.3 Å². The molecule has 82 valence electrons. The van der Waals surface area contributed by atoms with E-state index < -0.39 is 0 Å². The standard InChI is InChI=1S/C12H24N2/c1-10-5-4-8-14(11(10)2)9-12-6-3-7-13-12/h10-13H,3-9H2,1-2H3. The number of rotatable bonds is 2. The van der Waals surface area contributed by atoms with Gasteiger partial charge in [-0.1, -0.05) is 6.92 Å². The second kappa shape index (κ2) is 4.63. The molecule has 2 saturated heterocycles. The van der Waals surface area contributed by atoms with E-state index in [1.54, 1.807) is 0 Å². The van der Waals surface area contributed by atoms with E-state index in [2.05, 4.69) is 24.1 Å². The summed E-state index contributed by atoms with van der Waals surface area (Å²) < 4.78 is 0. The number of likely N-dealkylation sites (tertiary alicyclic amines) is 1. The Bertz CT molecular complexity index is 175. The summed E-state index contributed by atoms with van der Waals surface area (Å²) in [7, 11) is 0. The second-order valence-corrected chi connectivity index (χ2v) is 5.15. The van der Waals surface area contributed by atoms with E-state index in [-0.39, 0.29) is 0 Å². The predicted octanol–water partition coefficient (Wildman–Crippen LogP) is 1.86. The molecule has 2 fully saturated rings. The van der Waals surface area contributed by atoms with Gasteiger partial charge in [0, 0.05) is 18.6 Å². The smallest absolute Gasteiger partial charge is 0.0195 e. The van der Waals surface area contributed by atoms with Crippen LogP contribution in [0.5, 0.6) is 0 Å². The number of nitrogens with one attached hydrogen (secondary N) is 1. The zero-order valence-electron chi connectivity index (χ0n) is 9.63. The van der Waals surface area contributed by atoms with Crippen molar-refractivity contribution in [2.75, 3.05) is 19.6 Å². The Hall–Kier alpha value is -0.0800. The fourth-order valence-corrected chi connectivity index (χ4v) is 2.87. The fourth-order valence-electron chi connectivity index (χ4n) is 2.87. The van der Waals surface area contributed by atoms with Crippen molar-refractivity contribution in [3.8, 4) is 0 Å². The van der Waals surface area contributed by atoms with E-state index >= 15 is 0 Å². The topological polar surface area (TPSA) is 15.3 Å². The highest BCUT2D eigenvalue weighted by Crippen LogP contribution is 2.23. The largest absolute Gasteiger partial charge is 0.313 e. The number of hydrogen-bond acceptors (Lipinski definition) is 2. The summed E-state index contributed by atoms with van der Waals surface area (Å²) in [5.74, 6) is 0.894. The lowest BCUT2D eigenvalue weighted by molar-refractivity contribution is 0.104. The Kier molecular flexibility index (Phi) is 3.45. The molecular formula is C12H24N2. The van der Waals surface area contributed by atoms with Gasteiger partial charge in [0.15, 0.2) is 0 Å². The van der Waals surface area contributed by atoms with Gasteiger partial charge in [0.05, 0.1) is 0 Å². The molecule has 0 aromatic rings. The third kappa shape index (κ3) is 2.29. The molecule has 2 aliphatic rings. The normalized spacial score (nSPS) is 40.3. The summed E-state index contributed by atoms with van der Waals surface area (Å²) in [5.41, 5.74) is 0. The van der Waals surface area contributed by atoms with E-state index in [0.29, 0.717) is 0 Å². The van der Waals surface area contributed by atoms with E-state index in [1.807, 2.05) is 0 Å². The minimum atomic E-state index is 0.780. The monoisotopic (exact) mass is 196 g/mol. The Morgan fingerprint density at radius 1 is 1.21 bits per heavy atom. The first-order valence-corrected chi connectivity index (χ1v) is 6.25. The summed E-state index contributed by atoms with van der Waals surface area (Å²) in [6, 6.07) is 1.58. The van der Waals surface area contributed by atoms with Crippen molar-refractivity contribution in [2.45, 2.75) is 51.6 Å². The number of hydrogen-bond donors (Lipinski definition) is 1. The molecule has 1 N–H and O–H groups in total. The summed E-state index contributed by atoms with van der Waals surface area (Å²) in [6.07, 6.45) is 5.59. The van der Waals surface area contributed by atoms with Gasteiger partial charge in [-0.2, -0.15) is 0 Å². The SMILES string of the molecule is CC1CCCN(CC2CCCN2)C1C. The van der Waals surface area contributed by atoms with Crippen LogP contribution in [0.25, 0.3) is 0 Å². The maximum absolute atomic E-state index is 3.60. The van der Waals surface area contributed by atoms with Crippen molar-refractivity contribution < 1.29 is 0 Å². The Morgan fingerprint density at radius 3 is 2.79 bits per heavy atom. The van der Waals surface area contributed by atoms with Crippen molar-refractivity contribution in [3.63, 3.8) is 0 Å². The first-order valence-electron chi connectivity index (χ1n) is 6.25. The van der Waals surface area contributed by atoms with Crippen molar-refractivity contribution >= 4 is 0 Å². The van der Waals surface area contributed by atoms with Crippen LogP contribution in [-0.2, 0) is 0 Å². The summed E-state index contributed by atoms with van der Waals surface area (Å²) in [4.78, 5) is 2.69. The molecule has 0 bridgehead atoms. The van der Waals surface area contributed by atoms with Crippen molar-refractivity contribution in [1.29, 1.82) is 0 Å².